The molecule has 0 aliphatic carbocycles. The predicted octanol–water partition coefficient (Wildman–Crippen LogP) is 1.84. The van der Waals surface area contributed by atoms with Gasteiger partial charge in [-0.1, -0.05) is 0 Å². The minimum atomic E-state index is -0.425. The average Bonchev–Trinajstić information content (AvgIpc) is 2.93. The van der Waals surface area contributed by atoms with E-state index >= 15 is 0 Å². The van der Waals surface area contributed by atoms with E-state index in [1.807, 2.05) is 22.9 Å². The van der Waals surface area contributed by atoms with Crippen LogP contribution in [0.25, 0.3) is 11.8 Å². The smallest absolute Gasteiger partial charge is 0.261 e. The van der Waals surface area contributed by atoms with Crippen molar-refractivity contribution in [1.29, 1.82) is 5.26 Å². The Bertz CT molecular complexity index is 691. The highest BCUT2D eigenvalue weighted by molar-refractivity contribution is 6.01. The number of aromatic hydroxyl groups is 1. The number of rotatable bonds is 3. The Hall–Kier alpha value is -3.00. The molecule has 0 unspecified atom stereocenters. The van der Waals surface area contributed by atoms with Crippen LogP contribution in [0.1, 0.15) is 5.69 Å². The van der Waals surface area contributed by atoms with E-state index in [0.717, 1.165) is 5.69 Å². The van der Waals surface area contributed by atoms with Crippen LogP contribution in [0.15, 0.2) is 48.2 Å². The minimum Gasteiger partial charge on any atom is -0.508 e. The third kappa shape index (κ3) is 2.70. The molecule has 0 spiro atoms. The van der Waals surface area contributed by atoms with Crippen LogP contribution in [0, 0.1) is 11.3 Å². The maximum Gasteiger partial charge on any atom is 0.261 e. The molecule has 2 aromatic rings. The molecule has 100 valence electrons. The first-order valence-electron chi connectivity index (χ1n) is 5.96. The summed E-state index contributed by atoms with van der Waals surface area (Å²) in [5.74, 6) is -0.243. The summed E-state index contributed by atoms with van der Waals surface area (Å²) in [6.07, 6.45) is 3.34. The number of nitriles is 1. The first kappa shape index (κ1) is 13.4. The number of amides is 1. The maximum absolute atomic E-state index is 11.5. The van der Waals surface area contributed by atoms with Crippen LogP contribution in [0.4, 0.5) is 0 Å². The van der Waals surface area contributed by atoms with Gasteiger partial charge in [0.05, 0.1) is 0 Å². The molecule has 20 heavy (non-hydrogen) atoms. The van der Waals surface area contributed by atoms with Gasteiger partial charge in [-0.2, -0.15) is 5.26 Å². The Morgan fingerprint density at radius 2 is 2.05 bits per heavy atom. The Morgan fingerprint density at radius 1 is 1.35 bits per heavy atom. The highest BCUT2D eigenvalue weighted by Crippen LogP contribution is 2.18. The van der Waals surface area contributed by atoms with Crippen molar-refractivity contribution in [2.45, 2.75) is 0 Å². The molecule has 2 N–H and O–H groups in total. The third-order valence-corrected chi connectivity index (χ3v) is 2.79. The first-order chi connectivity index (χ1) is 9.65. The molecule has 0 saturated carbocycles. The second kappa shape index (κ2) is 5.76. The second-order valence-corrected chi connectivity index (χ2v) is 4.07. The molecule has 0 aliphatic rings. The number of likely N-dealkylation sites (N-methyl/N-ethyl adjacent to an activating group) is 1. The van der Waals surface area contributed by atoms with Crippen molar-refractivity contribution in [3.05, 3.63) is 53.9 Å². The molecule has 1 heterocycles. The van der Waals surface area contributed by atoms with Crippen LogP contribution >= 0.6 is 0 Å². The van der Waals surface area contributed by atoms with Crippen LogP contribution in [0.5, 0.6) is 5.75 Å². The van der Waals surface area contributed by atoms with E-state index in [2.05, 4.69) is 5.32 Å². The average molecular weight is 267 g/mol. The number of aromatic nitrogens is 1. The summed E-state index contributed by atoms with van der Waals surface area (Å²) in [6, 6.07) is 12.1. The van der Waals surface area contributed by atoms with E-state index in [1.54, 1.807) is 30.3 Å². The number of hydrogen-bond donors (Lipinski definition) is 2. The summed E-state index contributed by atoms with van der Waals surface area (Å²) < 4.78 is 1.82. The number of carbonyl (C=O) groups is 1. The summed E-state index contributed by atoms with van der Waals surface area (Å²) in [7, 11) is 1.48. The highest BCUT2D eigenvalue weighted by atomic mass is 16.3. The van der Waals surface area contributed by atoms with E-state index in [9.17, 15) is 9.90 Å². The lowest BCUT2D eigenvalue weighted by molar-refractivity contribution is -0.116. The number of nitrogens with one attached hydrogen (secondary N) is 1. The van der Waals surface area contributed by atoms with Gasteiger partial charge in [-0.25, -0.2) is 0 Å². The lowest BCUT2D eigenvalue weighted by atomic mass is 10.2. The second-order valence-electron chi connectivity index (χ2n) is 4.07. The Balaban J connectivity index is 2.43. The summed E-state index contributed by atoms with van der Waals surface area (Å²) in [5.41, 5.74) is 1.57. The van der Waals surface area contributed by atoms with Gasteiger partial charge in [0, 0.05) is 24.6 Å². The molecule has 0 radical (unpaired) electrons. The van der Waals surface area contributed by atoms with E-state index in [0.29, 0.717) is 5.69 Å². The Kier molecular flexibility index (Phi) is 3.87. The minimum absolute atomic E-state index is 0.0335. The molecule has 0 aliphatic heterocycles. The summed E-state index contributed by atoms with van der Waals surface area (Å²) >= 11 is 0. The normalized spacial score (nSPS) is 10.9. The standard InChI is InChI=1S/C15H13N3O2/c1-17-15(20)11(10-16)9-13-3-2-8-18(13)12-4-6-14(19)7-5-12/h2-9,19H,1H3,(H,17,20). The van der Waals surface area contributed by atoms with Gasteiger partial charge in [-0.15, -0.1) is 0 Å². The van der Waals surface area contributed by atoms with E-state index in [4.69, 9.17) is 5.26 Å². The third-order valence-electron chi connectivity index (χ3n) is 2.79. The predicted molar refractivity (Wildman–Crippen MR) is 75.1 cm³/mol. The van der Waals surface area contributed by atoms with Gasteiger partial charge in [0.1, 0.15) is 17.4 Å². The fourth-order valence-corrected chi connectivity index (χ4v) is 1.79. The van der Waals surface area contributed by atoms with Crippen molar-refractivity contribution in [3.8, 4) is 17.5 Å². The van der Waals surface area contributed by atoms with Crippen molar-refractivity contribution in [3.63, 3.8) is 0 Å². The molecule has 0 saturated heterocycles. The monoisotopic (exact) mass is 267 g/mol. The fraction of sp³-hybridized carbons (Fsp3) is 0.0667. The largest absolute Gasteiger partial charge is 0.508 e. The molecule has 2 rings (SSSR count). The van der Waals surface area contributed by atoms with Crippen molar-refractivity contribution in [1.82, 2.24) is 9.88 Å². The van der Waals surface area contributed by atoms with Gasteiger partial charge >= 0.3 is 0 Å². The molecular weight excluding hydrogens is 254 g/mol. The molecule has 0 bridgehead atoms. The fourth-order valence-electron chi connectivity index (χ4n) is 1.79. The van der Waals surface area contributed by atoms with Crippen LogP contribution in [0.2, 0.25) is 0 Å². The molecule has 0 fully saturated rings. The molecule has 1 amide bonds. The van der Waals surface area contributed by atoms with Crippen molar-refractivity contribution in [2.24, 2.45) is 0 Å². The zero-order valence-corrected chi connectivity index (χ0v) is 10.9. The van der Waals surface area contributed by atoms with Crippen molar-refractivity contribution >= 4 is 12.0 Å². The number of carbonyl (C=O) groups excluding carboxylic acids is 1. The summed E-state index contributed by atoms with van der Waals surface area (Å²) in [5, 5.41) is 20.7. The van der Waals surface area contributed by atoms with Crippen LogP contribution in [-0.4, -0.2) is 22.6 Å². The first-order valence-corrected chi connectivity index (χ1v) is 5.96. The molecular formula is C15H13N3O2. The lowest BCUT2D eigenvalue weighted by Gasteiger charge is -2.07. The van der Waals surface area contributed by atoms with Gasteiger partial charge in [0.2, 0.25) is 0 Å². The van der Waals surface area contributed by atoms with Gasteiger partial charge in [-0.05, 0) is 42.5 Å². The summed E-state index contributed by atoms with van der Waals surface area (Å²) in [4.78, 5) is 11.5. The molecule has 5 heteroatoms. The van der Waals surface area contributed by atoms with Crippen LogP contribution in [-0.2, 0) is 4.79 Å². The Morgan fingerprint density at radius 3 is 2.65 bits per heavy atom. The van der Waals surface area contributed by atoms with Crippen LogP contribution in [0.3, 0.4) is 0 Å². The van der Waals surface area contributed by atoms with Gasteiger partial charge in [0.15, 0.2) is 0 Å². The number of benzene rings is 1. The Labute approximate surface area is 116 Å². The van der Waals surface area contributed by atoms with Gasteiger partial charge in [0.25, 0.3) is 5.91 Å². The van der Waals surface area contributed by atoms with E-state index in [-0.39, 0.29) is 11.3 Å². The van der Waals surface area contributed by atoms with Gasteiger partial charge in [-0.3, -0.25) is 4.79 Å². The zero-order valence-electron chi connectivity index (χ0n) is 10.9. The van der Waals surface area contributed by atoms with Crippen molar-refractivity contribution in [2.75, 3.05) is 7.05 Å². The summed E-state index contributed by atoms with van der Waals surface area (Å²) in [6.45, 7) is 0. The van der Waals surface area contributed by atoms with Gasteiger partial charge < -0.3 is 15.0 Å². The SMILES string of the molecule is CNC(=O)C(C#N)=Cc1cccn1-c1ccc(O)cc1. The number of phenolic OH excluding ortho intramolecular Hbond substituents is 1. The molecule has 0 atom stereocenters. The quantitative estimate of drug-likeness (QED) is 0.658. The molecule has 5 nitrogen and oxygen atoms in total. The molecule has 1 aromatic carbocycles. The molecule has 1 aromatic heterocycles. The van der Waals surface area contributed by atoms with E-state index in [1.165, 1.54) is 13.1 Å². The highest BCUT2D eigenvalue weighted by Gasteiger charge is 2.08. The lowest BCUT2D eigenvalue weighted by Crippen LogP contribution is -2.19. The number of phenols is 1. The zero-order chi connectivity index (χ0) is 14.5. The van der Waals surface area contributed by atoms with E-state index < -0.39 is 5.91 Å². The maximum atomic E-state index is 11.5. The number of hydrogen-bond acceptors (Lipinski definition) is 3. The number of nitrogens with zero attached hydrogens (tertiary/aromatic N) is 2. The topological polar surface area (TPSA) is 78.0 Å². The van der Waals surface area contributed by atoms with Crippen LogP contribution < -0.4 is 5.32 Å². The van der Waals surface area contributed by atoms with Crippen molar-refractivity contribution < 1.29 is 9.90 Å².